The summed E-state index contributed by atoms with van der Waals surface area (Å²) in [5.41, 5.74) is 3.27. The van der Waals surface area contributed by atoms with E-state index in [1.807, 2.05) is 6.08 Å². The molecule has 0 saturated heterocycles. The average Bonchev–Trinajstić information content (AvgIpc) is 2.72. The summed E-state index contributed by atoms with van der Waals surface area (Å²) in [6, 6.07) is 0. The predicted molar refractivity (Wildman–Crippen MR) is 68.8 cm³/mol. The van der Waals surface area contributed by atoms with Gasteiger partial charge in [0.25, 0.3) is 0 Å². The van der Waals surface area contributed by atoms with Crippen LogP contribution in [0.15, 0.2) is 36.0 Å². The molecule has 1 fully saturated rings. The zero-order valence-corrected chi connectivity index (χ0v) is 10.6. The van der Waals surface area contributed by atoms with E-state index >= 15 is 0 Å². The molecule has 1 aliphatic carbocycles. The third kappa shape index (κ3) is 3.37. The van der Waals surface area contributed by atoms with Gasteiger partial charge in [-0.1, -0.05) is 29.4 Å². The zero-order valence-electron chi connectivity index (χ0n) is 10.6. The molecule has 15 heavy (non-hydrogen) atoms. The number of hydrogen-bond acceptors (Lipinski definition) is 0. The fourth-order valence-corrected chi connectivity index (χ4v) is 2.53. The first-order valence-electron chi connectivity index (χ1n) is 5.93. The second kappa shape index (κ2) is 4.83. The molecule has 0 heterocycles. The standard InChI is InChI=1S/C15H24/c1-6-7-8-14-11-15(14,9-12(2)3)10-13(4)5/h6,9-10,14H,1,7-8,11H2,2-5H3/t14-/m0/s1. The van der Waals surface area contributed by atoms with Crippen molar-refractivity contribution >= 4 is 0 Å². The van der Waals surface area contributed by atoms with E-state index in [1.54, 1.807) is 0 Å². The number of allylic oxidation sites excluding steroid dienone is 5. The van der Waals surface area contributed by atoms with Crippen LogP contribution in [-0.4, -0.2) is 0 Å². The average molecular weight is 204 g/mol. The van der Waals surface area contributed by atoms with Crippen molar-refractivity contribution in [1.82, 2.24) is 0 Å². The minimum atomic E-state index is 0.390. The van der Waals surface area contributed by atoms with Crippen molar-refractivity contribution in [3.05, 3.63) is 36.0 Å². The molecule has 84 valence electrons. The predicted octanol–water partition coefficient (Wildman–Crippen LogP) is 4.89. The molecule has 0 aliphatic heterocycles. The molecule has 1 aliphatic rings. The van der Waals surface area contributed by atoms with E-state index in [4.69, 9.17) is 0 Å². The van der Waals surface area contributed by atoms with Crippen molar-refractivity contribution in [2.45, 2.75) is 47.0 Å². The van der Waals surface area contributed by atoms with E-state index in [0.29, 0.717) is 5.41 Å². The molecule has 0 aromatic rings. The van der Waals surface area contributed by atoms with Crippen LogP contribution in [0.3, 0.4) is 0 Å². The van der Waals surface area contributed by atoms with Crippen LogP contribution in [-0.2, 0) is 0 Å². The molecule has 0 radical (unpaired) electrons. The fraction of sp³-hybridized carbons (Fsp3) is 0.600. The van der Waals surface area contributed by atoms with E-state index in [-0.39, 0.29) is 0 Å². The molecule has 0 aromatic carbocycles. The Hall–Kier alpha value is -0.780. The maximum Gasteiger partial charge on any atom is 0.00976 e. The topological polar surface area (TPSA) is 0 Å². The Balaban J connectivity index is 2.71. The molecule has 1 saturated carbocycles. The lowest BCUT2D eigenvalue weighted by Gasteiger charge is -2.09. The molecule has 0 nitrogen and oxygen atoms in total. The van der Waals surface area contributed by atoms with Crippen LogP contribution >= 0.6 is 0 Å². The van der Waals surface area contributed by atoms with Crippen LogP contribution in [0.5, 0.6) is 0 Å². The summed E-state index contributed by atoms with van der Waals surface area (Å²) >= 11 is 0. The summed E-state index contributed by atoms with van der Waals surface area (Å²) in [6.45, 7) is 12.6. The molecule has 1 atom stereocenters. The Kier molecular flexibility index (Phi) is 3.96. The van der Waals surface area contributed by atoms with Gasteiger partial charge in [-0.05, 0) is 52.9 Å². The molecule has 0 heteroatoms. The highest BCUT2D eigenvalue weighted by Crippen LogP contribution is 2.58. The zero-order chi connectivity index (χ0) is 11.5. The summed E-state index contributed by atoms with van der Waals surface area (Å²) in [5, 5.41) is 0. The van der Waals surface area contributed by atoms with E-state index in [9.17, 15) is 0 Å². The van der Waals surface area contributed by atoms with Gasteiger partial charge in [0.15, 0.2) is 0 Å². The minimum absolute atomic E-state index is 0.390. The van der Waals surface area contributed by atoms with Crippen molar-refractivity contribution in [2.24, 2.45) is 11.3 Å². The molecule has 0 bridgehead atoms. The van der Waals surface area contributed by atoms with Crippen LogP contribution in [0.2, 0.25) is 0 Å². The molecule has 0 unspecified atom stereocenters. The second-order valence-electron chi connectivity index (χ2n) is 5.32. The second-order valence-corrected chi connectivity index (χ2v) is 5.32. The minimum Gasteiger partial charge on any atom is -0.103 e. The third-order valence-electron chi connectivity index (χ3n) is 3.03. The molecule has 0 aromatic heterocycles. The molecule has 0 amide bonds. The van der Waals surface area contributed by atoms with Gasteiger partial charge in [0, 0.05) is 5.41 Å². The Morgan fingerprint density at radius 1 is 1.20 bits per heavy atom. The largest absolute Gasteiger partial charge is 0.103 e. The smallest absolute Gasteiger partial charge is 0.00976 e. The third-order valence-corrected chi connectivity index (χ3v) is 3.03. The maximum atomic E-state index is 3.80. The summed E-state index contributed by atoms with van der Waals surface area (Å²) in [7, 11) is 0. The lowest BCUT2D eigenvalue weighted by Crippen LogP contribution is -1.97. The highest BCUT2D eigenvalue weighted by Gasteiger charge is 2.49. The molecule has 0 N–H and O–H groups in total. The lowest BCUT2D eigenvalue weighted by molar-refractivity contribution is 0.634. The van der Waals surface area contributed by atoms with Crippen LogP contribution in [0.1, 0.15) is 47.0 Å². The first-order chi connectivity index (χ1) is 7.00. The first kappa shape index (κ1) is 12.3. The van der Waals surface area contributed by atoms with Crippen LogP contribution in [0.25, 0.3) is 0 Å². The van der Waals surface area contributed by atoms with E-state index in [1.165, 1.54) is 24.0 Å². The summed E-state index contributed by atoms with van der Waals surface area (Å²) in [4.78, 5) is 0. The summed E-state index contributed by atoms with van der Waals surface area (Å²) in [5.74, 6) is 0.847. The van der Waals surface area contributed by atoms with Gasteiger partial charge in [-0.2, -0.15) is 0 Å². The van der Waals surface area contributed by atoms with E-state index in [0.717, 1.165) is 12.3 Å². The van der Waals surface area contributed by atoms with Gasteiger partial charge in [0.05, 0.1) is 0 Å². The number of hydrogen-bond donors (Lipinski definition) is 0. The van der Waals surface area contributed by atoms with Crippen LogP contribution in [0, 0.1) is 11.3 Å². The highest BCUT2D eigenvalue weighted by molar-refractivity contribution is 5.28. The summed E-state index contributed by atoms with van der Waals surface area (Å²) in [6.07, 6.45) is 10.7. The highest BCUT2D eigenvalue weighted by atomic mass is 14.5. The molecule has 0 spiro atoms. The SMILES string of the molecule is C=CCC[C@H]1CC1(C=C(C)C)C=C(C)C. The van der Waals surface area contributed by atoms with Crippen molar-refractivity contribution in [3.8, 4) is 0 Å². The Morgan fingerprint density at radius 3 is 2.13 bits per heavy atom. The quantitative estimate of drug-likeness (QED) is 0.559. The molecular formula is C15H24. The van der Waals surface area contributed by atoms with E-state index < -0.39 is 0 Å². The van der Waals surface area contributed by atoms with Crippen LogP contribution < -0.4 is 0 Å². The normalized spacial score (nSPS) is 21.7. The Labute approximate surface area is 94.8 Å². The van der Waals surface area contributed by atoms with Gasteiger partial charge in [0.1, 0.15) is 0 Å². The van der Waals surface area contributed by atoms with Gasteiger partial charge < -0.3 is 0 Å². The van der Waals surface area contributed by atoms with E-state index in [2.05, 4.69) is 46.4 Å². The van der Waals surface area contributed by atoms with Gasteiger partial charge in [-0.25, -0.2) is 0 Å². The van der Waals surface area contributed by atoms with Crippen molar-refractivity contribution in [2.75, 3.05) is 0 Å². The fourth-order valence-electron chi connectivity index (χ4n) is 2.53. The van der Waals surface area contributed by atoms with Gasteiger partial charge in [-0.15, -0.1) is 6.58 Å². The molecule has 1 rings (SSSR count). The Bertz CT molecular complexity index is 265. The lowest BCUT2D eigenvalue weighted by atomic mass is 9.96. The van der Waals surface area contributed by atoms with Gasteiger partial charge >= 0.3 is 0 Å². The van der Waals surface area contributed by atoms with Gasteiger partial charge in [0.2, 0.25) is 0 Å². The number of rotatable bonds is 5. The van der Waals surface area contributed by atoms with Gasteiger partial charge in [-0.3, -0.25) is 0 Å². The first-order valence-corrected chi connectivity index (χ1v) is 5.93. The van der Waals surface area contributed by atoms with Crippen LogP contribution in [0.4, 0.5) is 0 Å². The summed E-state index contributed by atoms with van der Waals surface area (Å²) < 4.78 is 0. The Morgan fingerprint density at radius 2 is 1.73 bits per heavy atom. The molecular weight excluding hydrogens is 180 g/mol. The van der Waals surface area contributed by atoms with Crippen molar-refractivity contribution < 1.29 is 0 Å². The van der Waals surface area contributed by atoms with Crippen molar-refractivity contribution in [3.63, 3.8) is 0 Å². The van der Waals surface area contributed by atoms with Crippen molar-refractivity contribution in [1.29, 1.82) is 0 Å². The monoisotopic (exact) mass is 204 g/mol. The maximum absolute atomic E-state index is 3.80.